The van der Waals surface area contributed by atoms with Crippen molar-refractivity contribution in [2.75, 3.05) is 0 Å². The van der Waals surface area contributed by atoms with Gasteiger partial charge in [0.25, 0.3) is 0 Å². The van der Waals surface area contributed by atoms with Crippen LogP contribution in [0.5, 0.6) is 0 Å². The maximum atomic E-state index is 13.0. The van der Waals surface area contributed by atoms with Crippen molar-refractivity contribution in [1.29, 1.82) is 0 Å². The van der Waals surface area contributed by atoms with E-state index in [1.54, 1.807) is 12.4 Å². The minimum Gasteiger partial charge on any atom is -0.340 e. The van der Waals surface area contributed by atoms with Gasteiger partial charge in [-0.25, -0.2) is 9.37 Å². The van der Waals surface area contributed by atoms with Gasteiger partial charge in [0, 0.05) is 13.2 Å². The number of aryl methyl sites for hydroxylation is 2. The van der Waals surface area contributed by atoms with Gasteiger partial charge in [-0.2, -0.15) is 0 Å². The number of rotatable bonds is 4. The molecule has 0 spiro atoms. The van der Waals surface area contributed by atoms with Gasteiger partial charge in [0.05, 0.1) is 18.1 Å². The van der Waals surface area contributed by atoms with Crippen LogP contribution in [0.15, 0.2) is 30.7 Å². The minimum atomic E-state index is -0.216. The molecule has 1 aromatic heterocycles. The lowest BCUT2D eigenvalue weighted by atomic mass is 10.00. The summed E-state index contributed by atoms with van der Waals surface area (Å²) >= 11 is 0. The molecule has 96 valence electrons. The average Bonchev–Trinajstić information content (AvgIpc) is 2.75. The van der Waals surface area contributed by atoms with Crippen LogP contribution in [0.25, 0.3) is 0 Å². The maximum absolute atomic E-state index is 13.0. The highest BCUT2D eigenvalue weighted by Crippen LogP contribution is 2.19. The fourth-order valence-electron chi connectivity index (χ4n) is 1.97. The zero-order valence-electron chi connectivity index (χ0n) is 10.5. The van der Waals surface area contributed by atoms with E-state index in [-0.39, 0.29) is 11.9 Å². The predicted octanol–water partition coefficient (Wildman–Crippen LogP) is 1.61. The lowest BCUT2D eigenvalue weighted by molar-refractivity contribution is 0.538. The van der Waals surface area contributed by atoms with Crippen molar-refractivity contribution in [2.45, 2.75) is 19.4 Å². The number of benzene rings is 1. The Morgan fingerprint density at radius 3 is 2.83 bits per heavy atom. The van der Waals surface area contributed by atoms with E-state index in [1.165, 1.54) is 12.1 Å². The first-order chi connectivity index (χ1) is 8.60. The third-order valence-corrected chi connectivity index (χ3v) is 3.01. The minimum absolute atomic E-state index is 0.0737. The summed E-state index contributed by atoms with van der Waals surface area (Å²) in [6.07, 6.45) is 4.33. The van der Waals surface area contributed by atoms with Crippen LogP contribution in [0.1, 0.15) is 22.9 Å². The zero-order valence-corrected chi connectivity index (χ0v) is 10.5. The Bertz CT molecular complexity index is 536. The molecule has 0 saturated carbocycles. The second-order valence-electron chi connectivity index (χ2n) is 4.46. The molecule has 0 bridgehead atoms. The van der Waals surface area contributed by atoms with E-state index in [1.807, 2.05) is 24.7 Å². The van der Waals surface area contributed by atoms with Crippen LogP contribution >= 0.6 is 0 Å². The summed E-state index contributed by atoms with van der Waals surface area (Å²) in [7, 11) is 1.91. The van der Waals surface area contributed by atoms with Crippen molar-refractivity contribution < 1.29 is 4.39 Å². The van der Waals surface area contributed by atoms with Crippen molar-refractivity contribution in [3.63, 3.8) is 0 Å². The molecular weight excluding hydrogens is 231 g/mol. The molecule has 0 radical (unpaired) electrons. The Labute approximate surface area is 106 Å². The quantitative estimate of drug-likeness (QED) is 0.638. The number of hydrogen-bond acceptors (Lipinski definition) is 3. The summed E-state index contributed by atoms with van der Waals surface area (Å²) in [5.41, 5.74) is 5.61. The lowest BCUT2D eigenvalue weighted by Crippen LogP contribution is -2.30. The first kappa shape index (κ1) is 12.7. The number of nitrogens with one attached hydrogen (secondary N) is 1. The van der Waals surface area contributed by atoms with Gasteiger partial charge >= 0.3 is 0 Å². The highest BCUT2D eigenvalue weighted by Gasteiger charge is 2.14. The number of imidazole rings is 1. The maximum Gasteiger partial charge on any atom is 0.123 e. The molecule has 0 saturated heterocycles. The Kier molecular flexibility index (Phi) is 3.74. The molecule has 0 amide bonds. The molecule has 0 aliphatic rings. The van der Waals surface area contributed by atoms with Crippen LogP contribution in [-0.4, -0.2) is 9.55 Å². The summed E-state index contributed by atoms with van der Waals surface area (Å²) in [5.74, 6) is 5.35. The number of nitrogens with zero attached hydrogens (tertiary/aromatic N) is 2. The molecule has 1 heterocycles. The lowest BCUT2D eigenvalue weighted by Gasteiger charge is -2.15. The molecule has 0 aliphatic carbocycles. The van der Waals surface area contributed by atoms with Crippen molar-refractivity contribution in [1.82, 2.24) is 15.0 Å². The van der Waals surface area contributed by atoms with Crippen molar-refractivity contribution >= 4 is 0 Å². The third-order valence-electron chi connectivity index (χ3n) is 3.01. The van der Waals surface area contributed by atoms with Gasteiger partial charge in [0.1, 0.15) is 5.82 Å². The number of hydrazine groups is 1. The Morgan fingerprint density at radius 2 is 2.28 bits per heavy atom. The molecule has 1 unspecified atom stereocenters. The van der Waals surface area contributed by atoms with Gasteiger partial charge in [-0.15, -0.1) is 0 Å². The number of halogens is 1. The van der Waals surface area contributed by atoms with Crippen LogP contribution in [0, 0.1) is 12.7 Å². The smallest absolute Gasteiger partial charge is 0.123 e. The van der Waals surface area contributed by atoms with Gasteiger partial charge in [0.15, 0.2) is 0 Å². The summed E-state index contributed by atoms with van der Waals surface area (Å²) in [5, 5.41) is 0. The van der Waals surface area contributed by atoms with Crippen LogP contribution in [0.2, 0.25) is 0 Å². The monoisotopic (exact) mass is 248 g/mol. The summed E-state index contributed by atoms with van der Waals surface area (Å²) in [6, 6.07) is 4.71. The predicted molar refractivity (Wildman–Crippen MR) is 68.1 cm³/mol. The van der Waals surface area contributed by atoms with Crippen LogP contribution in [0.4, 0.5) is 4.39 Å². The number of hydrogen-bond donors (Lipinski definition) is 2. The van der Waals surface area contributed by atoms with Gasteiger partial charge < -0.3 is 4.57 Å². The topological polar surface area (TPSA) is 55.9 Å². The Hall–Kier alpha value is -1.72. The highest BCUT2D eigenvalue weighted by molar-refractivity contribution is 5.28. The van der Waals surface area contributed by atoms with Gasteiger partial charge in [-0.05, 0) is 36.6 Å². The first-order valence-corrected chi connectivity index (χ1v) is 5.79. The average molecular weight is 248 g/mol. The number of nitrogens with two attached hydrogens (primary N) is 1. The molecular formula is C13H17FN4. The molecule has 18 heavy (non-hydrogen) atoms. The van der Waals surface area contributed by atoms with E-state index in [0.717, 1.165) is 16.8 Å². The third kappa shape index (κ3) is 2.75. The fourth-order valence-corrected chi connectivity index (χ4v) is 1.97. The SMILES string of the molecule is Cc1cc(F)ccc1CC(NN)c1cn(C)cn1. The van der Waals surface area contributed by atoms with Crippen LogP contribution in [-0.2, 0) is 13.5 Å². The van der Waals surface area contributed by atoms with Crippen molar-refractivity contribution in [2.24, 2.45) is 12.9 Å². The van der Waals surface area contributed by atoms with Crippen molar-refractivity contribution in [3.8, 4) is 0 Å². The summed E-state index contributed by atoms with van der Waals surface area (Å²) in [4.78, 5) is 4.28. The van der Waals surface area contributed by atoms with Crippen molar-refractivity contribution in [3.05, 3.63) is 53.4 Å². The second kappa shape index (κ2) is 5.29. The fraction of sp³-hybridized carbons (Fsp3) is 0.308. The molecule has 0 aliphatic heterocycles. The van der Waals surface area contributed by atoms with Gasteiger partial charge in [-0.3, -0.25) is 11.3 Å². The summed E-state index contributed by atoms with van der Waals surface area (Å²) < 4.78 is 14.9. The molecule has 1 aromatic carbocycles. The number of aromatic nitrogens is 2. The molecule has 3 N–H and O–H groups in total. The van der Waals surface area contributed by atoms with Crippen LogP contribution < -0.4 is 11.3 Å². The van der Waals surface area contributed by atoms with Crippen LogP contribution in [0.3, 0.4) is 0 Å². The molecule has 1 atom stereocenters. The van der Waals surface area contributed by atoms with E-state index in [9.17, 15) is 4.39 Å². The molecule has 2 aromatic rings. The largest absolute Gasteiger partial charge is 0.340 e. The van der Waals surface area contributed by atoms with Gasteiger partial charge in [-0.1, -0.05) is 6.07 Å². The first-order valence-electron chi connectivity index (χ1n) is 5.79. The zero-order chi connectivity index (χ0) is 13.1. The molecule has 5 heteroatoms. The normalized spacial score (nSPS) is 12.7. The Morgan fingerprint density at radius 1 is 1.50 bits per heavy atom. The van der Waals surface area contributed by atoms with E-state index < -0.39 is 0 Å². The van der Waals surface area contributed by atoms with E-state index in [4.69, 9.17) is 5.84 Å². The van der Waals surface area contributed by atoms with Gasteiger partial charge in [0.2, 0.25) is 0 Å². The molecule has 0 fully saturated rings. The van der Waals surface area contributed by atoms with E-state index in [2.05, 4.69) is 10.4 Å². The second-order valence-corrected chi connectivity index (χ2v) is 4.46. The highest BCUT2D eigenvalue weighted by atomic mass is 19.1. The Balaban J connectivity index is 2.20. The molecule has 2 rings (SSSR count). The standard InChI is InChI=1S/C13H17FN4/c1-9-5-11(14)4-3-10(9)6-12(17-15)13-7-18(2)8-16-13/h3-5,7-8,12,17H,6,15H2,1-2H3. The summed E-state index contributed by atoms with van der Waals surface area (Å²) in [6.45, 7) is 1.89. The molecule has 4 nitrogen and oxygen atoms in total. The van der Waals surface area contributed by atoms with E-state index >= 15 is 0 Å². The van der Waals surface area contributed by atoms with E-state index in [0.29, 0.717) is 6.42 Å².